The maximum Gasteiger partial charge on any atom is 0.293 e. The van der Waals surface area contributed by atoms with Crippen molar-refractivity contribution in [3.8, 4) is 5.75 Å². The molecule has 0 aliphatic heterocycles. The highest BCUT2D eigenvalue weighted by Gasteiger charge is 2.26. The smallest absolute Gasteiger partial charge is 0.293 e. The van der Waals surface area contributed by atoms with E-state index in [1.165, 1.54) is 19.2 Å². The van der Waals surface area contributed by atoms with Gasteiger partial charge in [-0.15, -0.1) is 0 Å². The Kier molecular flexibility index (Phi) is 6.57. The van der Waals surface area contributed by atoms with Crippen molar-refractivity contribution in [1.82, 2.24) is 0 Å². The van der Waals surface area contributed by atoms with Crippen molar-refractivity contribution in [3.63, 3.8) is 0 Å². The number of nitrogens with zero attached hydrogens (tertiary/aromatic N) is 1. The minimum Gasteiger partial charge on any atom is -0.497 e. The summed E-state index contributed by atoms with van der Waals surface area (Å²) in [6, 6.07) is 10.7. The molecule has 2 rings (SSSR count). The van der Waals surface area contributed by atoms with E-state index < -0.39 is 25.5 Å². The topological polar surface area (TPSA) is 98.5 Å². The second kappa shape index (κ2) is 8.66. The Morgan fingerprint density at radius 1 is 1.12 bits per heavy atom. The third-order valence-electron chi connectivity index (χ3n) is 3.93. The van der Waals surface area contributed by atoms with Crippen LogP contribution in [0.1, 0.15) is 31.7 Å². The van der Waals surface area contributed by atoms with Crippen LogP contribution in [0.5, 0.6) is 5.75 Å². The van der Waals surface area contributed by atoms with Gasteiger partial charge in [-0.1, -0.05) is 31.9 Å². The highest BCUT2D eigenvalue weighted by atomic mass is 32.2. The quantitative estimate of drug-likeness (QED) is 0.402. The third kappa shape index (κ3) is 4.95. The van der Waals surface area contributed by atoms with Crippen LogP contribution >= 0.6 is 0 Å². The molecule has 1 N–H and O–H groups in total. The monoisotopic (exact) mass is 378 g/mol. The zero-order chi connectivity index (χ0) is 19.2. The van der Waals surface area contributed by atoms with E-state index in [-0.39, 0.29) is 5.75 Å². The van der Waals surface area contributed by atoms with Crippen molar-refractivity contribution >= 4 is 21.4 Å². The van der Waals surface area contributed by atoms with Crippen LogP contribution in [0.3, 0.4) is 0 Å². The average Bonchev–Trinajstić information content (AvgIpc) is 2.62. The molecule has 0 bridgehead atoms. The average molecular weight is 378 g/mol. The number of unbranched alkanes of at least 4 members (excludes halogenated alkanes) is 2. The van der Waals surface area contributed by atoms with Crippen LogP contribution in [0.2, 0.25) is 0 Å². The standard InChI is InChI=1S/C18H22N2O5S/c1-3-4-5-6-14-7-9-15(10-8-14)19-26(23,24)18-12-11-16(25-2)13-17(18)20(21)22/h7-13,19H,3-6H2,1-2H3. The number of nitro groups is 1. The number of hydrogen-bond donors (Lipinski definition) is 1. The number of sulfonamides is 1. The van der Waals surface area contributed by atoms with Gasteiger partial charge in [-0.25, -0.2) is 8.42 Å². The first kappa shape index (κ1) is 19.7. The van der Waals surface area contributed by atoms with E-state index in [0.717, 1.165) is 37.3 Å². The van der Waals surface area contributed by atoms with Gasteiger partial charge in [0.25, 0.3) is 15.7 Å². The molecule has 0 fully saturated rings. The highest BCUT2D eigenvalue weighted by molar-refractivity contribution is 7.92. The number of anilines is 1. The van der Waals surface area contributed by atoms with Crippen LogP contribution < -0.4 is 9.46 Å². The molecule has 140 valence electrons. The summed E-state index contributed by atoms with van der Waals surface area (Å²) in [5.74, 6) is 0.215. The summed E-state index contributed by atoms with van der Waals surface area (Å²) in [7, 11) is -2.74. The normalized spacial score (nSPS) is 11.2. The maximum atomic E-state index is 12.6. The van der Waals surface area contributed by atoms with Crippen LogP contribution in [0.4, 0.5) is 11.4 Å². The number of nitrogens with one attached hydrogen (secondary N) is 1. The summed E-state index contributed by atoms with van der Waals surface area (Å²) >= 11 is 0. The summed E-state index contributed by atoms with van der Waals surface area (Å²) in [6.07, 6.45) is 4.30. The van der Waals surface area contributed by atoms with Crippen molar-refractivity contribution in [2.24, 2.45) is 0 Å². The molecule has 2 aromatic carbocycles. The predicted octanol–water partition coefficient (Wildman–Crippen LogP) is 4.14. The van der Waals surface area contributed by atoms with Gasteiger partial charge in [-0.3, -0.25) is 14.8 Å². The lowest BCUT2D eigenvalue weighted by Crippen LogP contribution is -2.14. The summed E-state index contributed by atoms with van der Waals surface area (Å²) in [6.45, 7) is 2.14. The van der Waals surface area contributed by atoms with Gasteiger partial charge < -0.3 is 4.74 Å². The Morgan fingerprint density at radius 3 is 2.38 bits per heavy atom. The number of ether oxygens (including phenoxy) is 1. The Morgan fingerprint density at radius 2 is 1.81 bits per heavy atom. The summed E-state index contributed by atoms with van der Waals surface area (Å²) < 4.78 is 32.4. The van der Waals surface area contributed by atoms with E-state index in [0.29, 0.717) is 5.69 Å². The SMILES string of the molecule is CCCCCc1ccc(NS(=O)(=O)c2ccc(OC)cc2[N+](=O)[O-])cc1. The van der Waals surface area contributed by atoms with Gasteiger partial charge in [-0.05, 0) is 42.7 Å². The van der Waals surface area contributed by atoms with Crippen molar-refractivity contribution < 1.29 is 18.1 Å². The number of nitro benzene ring substituents is 1. The molecule has 0 radical (unpaired) electrons. The van der Waals surface area contributed by atoms with Crippen molar-refractivity contribution in [3.05, 3.63) is 58.1 Å². The molecule has 0 spiro atoms. The van der Waals surface area contributed by atoms with E-state index in [1.807, 2.05) is 12.1 Å². The van der Waals surface area contributed by atoms with Crippen LogP contribution in [0.15, 0.2) is 47.4 Å². The Bertz CT molecular complexity index is 864. The molecule has 0 saturated carbocycles. The zero-order valence-electron chi connectivity index (χ0n) is 14.8. The summed E-state index contributed by atoms with van der Waals surface area (Å²) in [5.41, 5.74) is 0.944. The zero-order valence-corrected chi connectivity index (χ0v) is 15.6. The van der Waals surface area contributed by atoms with E-state index in [4.69, 9.17) is 4.74 Å². The number of hydrogen-bond acceptors (Lipinski definition) is 5. The van der Waals surface area contributed by atoms with Gasteiger partial charge in [0.05, 0.1) is 18.1 Å². The highest BCUT2D eigenvalue weighted by Crippen LogP contribution is 2.29. The second-order valence-electron chi connectivity index (χ2n) is 5.85. The fourth-order valence-electron chi connectivity index (χ4n) is 2.52. The molecule has 0 heterocycles. The molecule has 0 atom stereocenters. The molecule has 7 nitrogen and oxygen atoms in total. The molecular formula is C18H22N2O5S. The van der Waals surface area contributed by atoms with Gasteiger partial charge in [0.15, 0.2) is 4.90 Å². The molecule has 0 amide bonds. The molecule has 8 heteroatoms. The molecule has 0 saturated heterocycles. The first-order valence-corrected chi connectivity index (χ1v) is 9.80. The maximum absolute atomic E-state index is 12.6. The number of aryl methyl sites for hydroxylation is 1. The van der Waals surface area contributed by atoms with Gasteiger partial charge >= 0.3 is 0 Å². The predicted molar refractivity (Wildman–Crippen MR) is 100 cm³/mol. The van der Waals surface area contributed by atoms with Crippen LogP contribution in [-0.4, -0.2) is 20.5 Å². The summed E-state index contributed by atoms with van der Waals surface area (Å²) in [4.78, 5) is 10.1. The van der Waals surface area contributed by atoms with Gasteiger partial charge in [0.1, 0.15) is 5.75 Å². The number of methoxy groups -OCH3 is 1. The number of rotatable bonds is 9. The summed E-state index contributed by atoms with van der Waals surface area (Å²) in [5, 5.41) is 11.2. The second-order valence-corrected chi connectivity index (χ2v) is 7.50. The molecule has 26 heavy (non-hydrogen) atoms. The van der Waals surface area contributed by atoms with Gasteiger partial charge in [0, 0.05) is 5.69 Å². The third-order valence-corrected chi connectivity index (χ3v) is 5.36. The number of benzene rings is 2. The van der Waals surface area contributed by atoms with Crippen LogP contribution in [0, 0.1) is 10.1 Å². The lowest BCUT2D eigenvalue weighted by Gasteiger charge is -2.10. The molecule has 0 aliphatic carbocycles. The molecule has 2 aromatic rings. The minimum absolute atomic E-state index is 0.215. The molecule has 0 aromatic heterocycles. The Labute approximate surface area is 153 Å². The van der Waals surface area contributed by atoms with Crippen molar-refractivity contribution in [2.75, 3.05) is 11.8 Å². The fraction of sp³-hybridized carbons (Fsp3) is 0.333. The van der Waals surface area contributed by atoms with E-state index in [1.54, 1.807) is 12.1 Å². The van der Waals surface area contributed by atoms with Gasteiger partial charge in [-0.2, -0.15) is 0 Å². The van der Waals surface area contributed by atoms with Crippen LogP contribution in [0.25, 0.3) is 0 Å². The van der Waals surface area contributed by atoms with E-state index >= 15 is 0 Å². The molecule has 0 aliphatic rings. The lowest BCUT2D eigenvalue weighted by molar-refractivity contribution is -0.387. The Hall–Kier alpha value is -2.61. The van der Waals surface area contributed by atoms with Gasteiger partial charge in [0.2, 0.25) is 0 Å². The van der Waals surface area contributed by atoms with E-state index in [9.17, 15) is 18.5 Å². The largest absolute Gasteiger partial charge is 0.497 e. The van der Waals surface area contributed by atoms with Crippen molar-refractivity contribution in [2.45, 2.75) is 37.5 Å². The molecule has 0 unspecified atom stereocenters. The first-order valence-electron chi connectivity index (χ1n) is 8.31. The van der Waals surface area contributed by atoms with E-state index in [2.05, 4.69) is 11.6 Å². The minimum atomic E-state index is -4.09. The first-order chi connectivity index (χ1) is 12.4. The fourth-order valence-corrected chi connectivity index (χ4v) is 3.74. The molecular weight excluding hydrogens is 356 g/mol. The van der Waals surface area contributed by atoms with Crippen LogP contribution in [-0.2, 0) is 16.4 Å². The Balaban J connectivity index is 2.22. The lowest BCUT2D eigenvalue weighted by atomic mass is 10.1. The van der Waals surface area contributed by atoms with Crippen molar-refractivity contribution in [1.29, 1.82) is 0 Å².